The normalized spacial score (nSPS) is 10.8. The van der Waals surface area contributed by atoms with Crippen LogP contribution in [-0.4, -0.2) is 34.2 Å². The number of nitrogens with zero attached hydrogens (tertiary/aromatic N) is 3. The van der Waals surface area contributed by atoms with E-state index in [1.165, 1.54) is 23.8 Å². The van der Waals surface area contributed by atoms with Crippen LogP contribution in [0.5, 0.6) is 0 Å². The van der Waals surface area contributed by atoms with Gasteiger partial charge in [-0.2, -0.15) is 0 Å². The van der Waals surface area contributed by atoms with Gasteiger partial charge in [0.05, 0.1) is 13.2 Å². The van der Waals surface area contributed by atoms with Gasteiger partial charge in [0.1, 0.15) is 11.3 Å². The molecule has 0 radical (unpaired) electrons. The number of amides is 1. The Morgan fingerprint density at radius 1 is 1.27 bits per heavy atom. The largest absolute Gasteiger partial charge is 0.383 e. The fourth-order valence-electron chi connectivity index (χ4n) is 2.48. The van der Waals surface area contributed by atoms with Gasteiger partial charge in [0.2, 0.25) is 0 Å². The van der Waals surface area contributed by atoms with E-state index in [9.17, 15) is 14.0 Å². The number of methoxy groups -OCH3 is 1. The Morgan fingerprint density at radius 3 is 2.77 bits per heavy atom. The summed E-state index contributed by atoms with van der Waals surface area (Å²) in [5, 5.41) is 2.63. The van der Waals surface area contributed by atoms with Gasteiger partial charge in [-0.1, -0.05) is 12.1 Å². The molecule has 0 saturated heterocycles. The van der Waals surface area contributed by atoms with Gasteiger partial charge in [0, 0.05) is 19.9 Å². The van der Waals surface area contributed by atoms with Crippen LogP contribution in [0.3, 0.4) is 0 Å². The van der Waals surface area contributed by atoms with Crippen molar-refractivity contribution in [1.82, 2.24) is 19.9 Å². The molecule has 3 rings (SSSR count). The van der Waals surface area contributed by atoms with Gasteiger partial charge in [0.15, 0.2) is 11.3 Å². The average molecular weight is 356 g/mol. The van der Waals surface area contributed by atoms with E-state index in [0.717, 1.165) is 0 Å². The van der Waals surface area contributed by atoms with Gasteiger partial charge in [0.25, 0.3) is 11.5 Å². The van der Waals surface area contributed by atoms with Crippen LogP contribution in [0.25, 0.3) is 11.2 Å². The molecule has 134 valence electrons. The highest BCUT2D eigenvalue weighted by Gasteiger charge is 2.18. The van der Waals surface area contributed by atoms with E-state index in [2.05, 4.69) is 15.3 Å². The molecule has 0 unspecified atom stereocenters. The second-order valence-electron chi connectivity index (χ2n) is 5.57. The van der Waals surface area contributed by atoms with Gasteiger partial charge < -0.3 is 10.1 Å². The molecule has 1 aromatic carbocycles. The topological polar surface area (TPSA) is 86.1 Å². The number of aromatic nitrogens is 3. The number of hydrogen-bond acceptors (Lipinski definition) is 5. The summed E-state index contributed by atoms with van der Waals surface area (Å²) in [7, 11) is 1.53. The molecule has 7 nitrogen and oxygen atoms in total. The highest BCUT2D eigenvalue weighted by molar-refractivity contribution is 5.93. The summed E-state index contributed by atoms with van der Waals surface area (Å²) in [6.45, 7) is 0.708. The maximum Gasteiger partial charge on any atom is 0.283 e. The first kappa shape index (κ1) is 17.7. The van der Waals surface area contributed by atoms with Crippen molar-refractivity contribution in [2.45, 2.75) is 13.1 Å². The highest BCUT2D eigenvalue weighted by atomic mass is 19.1. The van der Waals surface area contributed by atoms with Crippen molar-refractivity contribution in [3.05, 3.63) is 70.0 Å². The van der Waals surface area contributed by atoms with Gasteiger partial charge in [-0.05, 0) is 29.8 Å². The molecular formula is C18H17FN4O3. The summed E-state index contributed by atoms with van der Waals surface area (Å²) in [6.07, 6.45) is 1.56. The highest BCUT2D eigenvalue weighted by Crippen LogP contribution is 2.07. The third kappa shape index (κ3) is 3.75. The summed E-state index contributed by atoms with van der Waals surface area (Å²) in [6, 6.07) is 9.09. The Hall–Kier alpha value is -3.13. The SMILES string of the molecule is COCCn1c(=O)c(C(=O)NCc2ccc(F)cc2)nc2cccnc21. The number of halogens is 1. The standard InChI is InChI=1S/C18H17FN4O3/c1-26-10-9-23-16-14(3-2-8-20-16)22-15(18(23)25)17(24)21-11-12-4-6-13(19)7-5-12/h2-8H,9-11H2,1H3,(H,21,24). The number of rotatable bonds is 6. The summed E-state index contributed by atoms with van der Waals surface area (Å²) < 4.78 is 19.3. The molecule has 2 heterocycles. The maximum atomic E-state index is 12.9. The monoisotopic (exact) mass is 356 g/mol. The number of carbonyl (C=O) groups is 1. The van der Waals surface area contributed by atoms with Crippen LogP contribution in [0.1, 0.15) is 16.1 Å². The van der Waals surface area contributed by atoms with Gasteiger partial charge in [-0.15, -0.1) is 0 Å². The van der Waals surface area contributed by atoms with Crippen LogP contribution in [0.4, 0.5) is 4.39 Å². The Bertz CT molecular complexity index is 986. The lowest BCUT2D eigenvalue weighted by Gasteiger charge is -2.11. The average Bonchev–Trinajstić information content (AvgIpc) is 2.66. The molecule has 1 amide bonds. The first-order valence-electron chi connectivity index (χ1n) is 7.97. The minimum atomic E-state index is -0.601. The predicted molar refractivity (Wildman–Crippen MR) is 93.2 cm³/mol. The van der Waals surface area contributed by atoms with Gasteiger partial charge in [-0.25, -0.2) is 14.4 Å². The van der Waals surface area contributed by atoms with Crippen molar-refractivity contribution in [3.63, 3.8) is 0 Å². The molecule has 0 fully saturated rings. The van der Waals surface area contributed by atoms with E-state index in [4.69, 9.17) is 4.74 Å². The van der Waals surface area contributed by atoms with Crippen molar-refractivity contribution in [2.24, 2.45) is 0 Å². The summed E-state index contributed by atoms with van der Waals surface area (Å²) in [5.41, 5.74) is 0.787. The van der Waals surface area contributed by atoms with E-state index >= 15 is 0 Å². The van der Waals surface area contributed by atoms with E-state index in [1.54, 1.807) is 30.5 Å². The van der Waals surface area contributed by atoms with Gasteiger partial charge >= 0.3 is 0 Å². The third-order valence-corrected chi connectivity index (χ3v) is 3.80. The van der Waals surface area contributed by atoms with E-state index in [0.29, 0.717) is 23.3 Å². The summed E-state index contributed by atoms with van der Waals surface area (Å²) in [5.74, 6) is -0.957. The molecule has 1 N–H and O–H groups in total. The molecular weight excluding hydrogens is 339 g/mol. The maximum absolute atomic E-state index is 12.9. The summed E-state index contributed by atoms with van der Waals surface area (Å²) in [4.78, 5) is 33.5. The zero-order chi connectivity index (χ0) is 18.5. The lowest BCUT2D eigenvalue weighted by atomic mass is 10.2. The quantitative estimate of drug-likeness (QED) is 0.723. The summed E-state index contributed by atoms with van der Waals surface area (Å²) >= 11 is 0. The fourth-order valence-corrected chi connectivity index (χ4v) is 2.48. The predicted octanol–water partition coefficient (Wildman–Crippen LogP) is 1.51. The minimum Gasteiger partial charge on any atom is -0.383 e. The Labute approximate surface area is 148 Å². The Kier molecular flexibility index (Phi) is 5.33. The van der Waals surface area contributed by atoms with Crippen LogP contribution in [-0.2, 0) is 17.8 Å². The van der Waals surface area contributed by atoms with Crippen molar-refractivity contribution >= 4 is 17.1 Å². The molecule has 0 aliphatic heterocycles. The van der Waals surface area contributed by atoms with Crippen LogP contribution < -0.4 is 10.9 Å². The molecule has 0 bridgehead atoms. The zero-order valence-electron chi connectivity index (χ0n) is 14.1. The van der Waals surface area contributed by atoms with E-state index < -0.39 is 11.5 Å². The molecule has 8 heteroatoms. The molecule has 26 heavy (non-hydrogen) atoms. The van der Waals surface area contributed by atoms with Crippen LogP contribution in [0, 0.1) is 5.82 Å². The van der Waals surface area contributed by atoms with Gasteiger partial charge in [-0.3, -0.25) is 14.2 Å². The molecule has 0 saturated carbocycles. The van der Waals surface area contributed by atoms with Crippen LogP contribution in [0.15, 0.2) is 47.4 Å². The Morgan fingerprint density at radius 2 is 2.04 bits per heavy atom. The molecule has 0 spiro atoms. The van der Waals surface area contributed by atoms with Crippen molar-refractivity contribution < 1.29 is 13.9 Å². The number of ether oxygens (including phenoxy) is 1. The fraction of sp³-hybridized carbons (Fsp3) is 0.222. The second kappa shape index (κ2) is 7.83. The van der Waals surface area contributed by atoms with E-state index in [-0.39, 0.29) is 24.6 Å². The number of fused-ring (bicyclic) bond motifs is 1. The number of benzene rings is 1. The number of nitrogens with one attached hydrogen (secondary N) is 1. The van der Waals surface area contributed by atoms with Crippen molar-refractivity contribution in [1.29, 1.82) is 0 Å². The van der Waals surface area contributed by atoms with E-state index in [1.807, 2.05) is 0 Å². The van der Waals surface area contributed by atoms with Crippen LogP contribution >= 0.6 is 0 Å². The molecule has 0 aliphatic carbocycles. The first-order valence-corrected chi connectivity index (χ1v) is 7.97. The molecule has 0 atom stereocenters. The number of pyridine rings is 1. The second-order valence-corrected chi connectivity index (χ2v) is 5.57. The van der Waals surface area contributed by atoms with Crippen molar-refractivity contribution in [2.75, 3.05) is 13.7 Å². The van der Waals surface area contributed by atoms with Crippen LogP contribution in [0.2, 0.25) is 0 Å². The number of carbonyl (C=O) groups excluding carboxylic acids is 1. The Balaban J connectivity index is 1.90. The zero-order valence-corrected chi connectivity index (χ0v) is 14.1. The smallest absolute Gasteiger partial charge is 0.283 e. The lowest BCUT2D eigenvalue weighted by molar-refractivity contribution is 0.0943. The lowest BCUT2D eigenvalue weighted by Crippen LogP contribution is -2.35. The molecule has 0 aliphatic rings. The molecule has 2 aromatic heterocycles. The third-order valence-electron chi connectivity index (χ3n) is 3.80. The number of hydrogen-bond donors (Lipinski definition) is 1. The molecule has 3 aromatic rings. The van der Waals surface area contributed by atoms with Crippen molar-refractivity contribution in [3.8, 4) is 0 Å². The first-order chi connectivity index (χ1) is 12.6. The minimum absolute atomic E-state index is 0.156.